The van der Waals surface area contributed by atoms with Crippen molar-refractivity contribution in [1.82, 2.24) is 0 Å². The number of benzene rings is 1. The predicted molar refractivity (Wildman–Crippen MR) is 76.7 cm³/mol. The molecule has 110 valence electrons. The number of hydrogen-bond acceptors (Lipinski definition) is 4. The highest BCUT2D eigenvalue weighted by molar-refractivity contribution is 5.91. The number of amides is 1. The summed E-state index contributed by atoms with van der Waals surface area (Å²) in [6, 6.07) is 6.90. The van der Waals surface area contributed by atoms with Crippen molar-refractivity contribution in [3.05, 3.63) is 24.3 Å². The summed E-state index contributed by atoms with van der Waals surface area (Å²) < 4.78 is 9.74. The second kappa shape index (κ2) is 6.93. The predicted octanol–water partition coefficient (Wildman–Crippen LogP) is 2.61. The molecule has 20 heavy (non-hydrogen) atoms. The van der Waals surface area contributed by atoms with Crippen LogP contribution in [0, 0.1) is 5.41 Å². The third kappa shape index (κ3) is 6.22. The second-order valence-electron chi connectivity index (χ2n) is 5.68. The number of rotatable bonds is 5. The molecule has 0 unspecified atom stereocenters. The largest absolute Gasteiger partial charge is 0.482 e. The van der Waals surface area contributed by atoms with Crippen LogP contribution in [0.15, 0.2) is 24.3 Å². The highest BCUT2D eigenvalue weighted by Gasteiger charge is 2.16. The highest BCUT2D eigenvalue weighted by Crippen LogP contribution is 2.21. The fraction of sp³-hybridized carbons (Fsp3) is 0.467. The van der Waals surface area contributed by atoms with Gasteiger partial charge < -0.3 is 14.8 Å². The lowest BCUT2D eigenvalue weighted by Gasteiger charge is -2.17. The van der Waals surface area contributed by atoms with Crippen LogP contribution >= 0.6 is 0 Å². The summed E-state index contributed by atoms with van der Waals surface area (Å²) in [7, 11) is 1.30. The summed E-state index contributed by atoms with van der Waals surface area (Å²) in [6.45, 7) is 5.85. The van der Waals surface area contributed by atoms with Gasteiger partial charge in [-0.2, -0.15) is 0 Å². The van der Waals surface area contributed by atoms with E-state index in [0.717, 1.165) is 0 Å². The standard InChI is InChI=1S/C15H21NO4/c1-15(2,3)9-13(17)16-11-6-5-7-12(8-11)20-10-14(18)19-4/h5-8H,9-10H2,1-4H3,(H,16,17). The summed E-state index contributed by atoms with van der Waals surface area (Å²) in [6.07, 6.45) is 0.431. The molecule has 0 aliphatic carbocycles. The van der Waals surface area contributed by atoms with Gasteiger partial charge in [-0.3, -0.25) is 4.79 Å². The van der Waals surface area contributed by atoms with Crippen LogP contribution < -0.4 is 10.1 Å². The van der Waals surface area contributed by atoms with Gasteiger partial charge in [-0.05, 0) is 17.5 Å². The van der Waals surface area contributed by atoms with Crippen LogP contribution in [0.2, 0.25) is 0 Å². The molecule has 5 heteroatoms. The molecule has 0 atom stereocenters. The van der Waals surface area contributed by atoms with E-state index in [9.17, 15) is 9.59 Å². The fourth-order valence-electron chi connectivity index (χ4n) is 1.55. The van der Waals surface area contributed by atoms with Crippen LogP contribution in [0.25, 0.3) is 0 Å². The summed E-state index contributed by atoms with van der Waals surface area (Å²) in [5, 5.41) is 2.81. The van der Waals surface area contributed by atoms with Crippen LogP contribution in [0.5, 0.6) is 5.75 Å². The van der Waals surface area contributed by atoms with E-state index in [2.05, 4.69) is 10.1 Å². The number of nitrogens with one attached hydrogen (secondary N) is 1. The zero-order valence-corrected chi connectivity index (χ0v) is 12.4. The van der Waals surface area contributed by atoms with Crippen LogP contribution in [0.4, 0.5) is 5.69 Å². The molecule has 1 aromatic carbocycles. The monoisotopic (exact) mass is 279 g/mol. The van der Waals surface area contributed by atoms with Gasteiger partial charge >= 0.3 is 5.97 Å². The molecule has 5 nitrogen and oxygen atoms in total. The summed E-state index contributed by atoms with van der Waals surface area (Å²) in [5.41, 5.74) is 0.574. The van der Waals surface area contributed by atoms with Crippen molar-refractivity contribution >= 4 is 17.6 Å². The van der Waals surface area contributed by atoms with Crippen LogP contribution in [0.1, 0.15) is 27.2 Å². The molecule has 0 spiro atoms. The maximum atomic E-state index is 11.8. The van der Waals surface area contributed by atoms with Crippen molar-refractivity contribution in [1.29, 1.82) is 0 Å². The van der Waals surface area contributed by atoms with E-state index in [1.165, 1.54) is 7.11 Å². The molecule has 0 saturated carbocycles. The quantitative estimate of drug-likeness (QED) is 0.841. The summed E-state index contributed by atoms with van der Waals surface area (Å²) in [4.78, 5) is 22.8. The third-order valence-electron chi connectivity index (χ3n) is 2.39. The first kappa shape index (κ1) is 16.0. The average molecular weight is 279 g/mol. The van der Waals surface area contributed by atoms with E-state index in [1.54, 1.807) is 24.3 Å². The Morgan fingerprint density at radius 2 is 1.95 bits per heavy atom. The van der Waals surface area contributed by atoms with Crippen LogP contribution in [0.3, 0.4) is 0 Å². The number of carbonyl (C=O) groups excluding carboxylic acids is 2. The fourth-order valence-corrected chi connectivity index (χ4v) is 1.55. The van der Waals surface area contributed by atoms with E-state index >= 15 is 0 Å². The molecule has 0 radical (unpaired) electrons. The smallest absolute Gasteiger partial charge is 0.343 e. The minimum Gasteiger partial charge on any atom is -0.482 e. The Bertz CT molecular complexity index is 477. The van der Waals surface area contributed by atoms with Crippen LogP contribution in [-0.4, -0.2) is 25.6 Å². The van der Waals surface area contributed by atoms with Crippen molar-refractivity contribution in [2.45, 2.75) is 27.2 Å². The first-order valence-electron chi connectivity index (χ1n) is 6.40. The Balaban J connectivity index is 2.59. The van der Waals surface area contributed by atoms with Crippen molar-refractivity contribution in [2.24, 2.45) is 5.41 Å². The molecule has 0 heterocycles. The van der Waals surface area contributed by atoms with E-state index in [-0.39, 0.29) is 17.9 Å². The molecule has 0 fully saturated rings. The van der Waals surface area contributed by atoms with Gasteiger partial charge in [0, 0.05) is 18.2 Å². The number of hydrogen-bond donors (Lipinski definition) is 1. The molecule has 0 saturated heterocycles. The van der Waals surface area contributed by atoms with Crippen molar-refractivity contribution < 1.29 is 19.1 Å². The van der Waals surface area contributed by atoms with Gasteiger partial charge in [0.25, 0.3) is 0 Å². The van der Waals surface area contributed by atoms with Gasteiger partial charge in [0.15, 0.2) is 6.61 Å². The number of methoxy groups -OCH3 is 1. The molecular formula is C15H21NO4. The number of esters is 1. The Labute approximate surface area is 119 Å². The van der Waals surface area contributed by atoms with Crippen molar-refractivity contribution in [2.75, 3.05) is 19.0 Å². The van der Waals surface area contributed by atoms with Gasteiger partial charge in [0.2, 0.25) is 5.91 Å². The molecule has 0 aliphatic rings. The third-order valence-corrected chi connectivity index (χ3v) is 2.39. The number of ether oxygens (including phenoxy) is 2. The second-order valence-corrected chi connectivity index (χ2v) is 5.68. The Morgan fingerprint density at radius 3 is 2.55 bits per heavy atom. The molecule has 1 aromatic rings. The normalized spacial score (nSPS) is 10.8. The Morgan fingerprint density at radius 1 is 1.25 bits per heavy atom. The van der Waals surface area contributed by atoms with Crippen LogP contribution in [-0.2, 0) is 14.3 Å². The van der Waals surface area contributed by atoms with Crippen molar-refractivity contribution in [3.63, 3.8) is 0 Å². The van der Waals surface area contributed by atoms with E-state index in [4.69, 9.17) is 4.74 Å². The van der Waals surface area contributed by atoms with E-state index in [0.29, 0.717) is 17.9 Å². The van der Waals surface area contributed by atoms with Gasteiger partial charge in [-0.25, -0.2) is 4.79 Å². The van der Waals surface area contributed by atoms with E-state index < -0.39 is 5.97 Å². The minimum atomic E-state index is -0.452. The average Bonchev–Trinajstić information content (AvgIpc) is 2.34. The van der Waals surface area contributed by atoms with Gasteiger partial charge in [-0.15, -0.1) is 0 Å². The summed E-state index contributed by atoms with van der Waals surface area (Å²) in [5.74, 6) is -0.00116. The molecule has 1 N–H and O–H groups in total. The lowest BCUT2D eigenvalue weighted by molar-refractivity contribution is -0.142. The van der Waals surface area contributed by atoms with E-state index in [1.807, 2.05) is 20.8 Å². The number of carbonyl (C=O) groups is 2. The minimum absolute atomic E-state index is 0.0531. The SMILES string of the molecule is COC(=O)COc1cccc(NC(=O)CC(C)(C)C)c1. The first-order valence-corrected chi connectivity index (χ1v) is 6.40. The Kier molecular flexibility index (Phi) is 5.55. The molecule has 0 aromatic heterocycles. The van der Waals surface area contributed by atoms with Crippen molar-refractivity contribution in [3.8, 4) is 5.75 Å². The van der Waals surface area contributed by atoms with Gasteiger partial charge in [-0.1, -0.05) is 26.8 Å². The molecular weight excluding hydrogens is 258 g/mol. The maximum absolute atomic E-state index is 11.8. The molecule has 1 amide bonds. The summed E-state index contributed by atoms with van der Waals surface area (Å²) >= 11 is 0. The Hall–Kier alpha value is -2.04. The van der Waals surface area contributed by atoms with Gasteiger partial charge in [0.1, 0.15) is 5.75 Å². The first-order chi connectivity index (χ1) is 9.30. The van der Waals surface area contributed by atoms with Gasteiger partial charge in [0.05, 0.1) is 7.11 Å². The lowest BCUT2D eigenvalue weighted by atomic mass is 9.92. The maximum Gasteiger partial charge on any atom is 0.343 e. The molecule has 0 bridgehead atoms. The molecule has 1 rings (SSSR count). The molecule has 0 aliphatic heterocycles. The highest BCUT2D eigenvalue weighted by atomic mass is 16.6. The number of anilines is 1. The lowest BCUT2D eigenvalue weighted by Crippen LogP contribution is -2.19. The topological polar surface area (TPSA) is 64.6 Å². The zero-order valence-electron chi connectivity index (χ0n) is 12.4. The zero-order chi connectivity index (χ0) is 15.2.